The number of amides is 2. The van der Waals surface area contributed by atoms with Gasteiger partial charge in [0, 0.05) is 58.9 Å². The third-order valence-electron chi connectivity index (χ3n) is 6.44. The van der Waals surface area contributed by atoms with Crippen molar-refractivity contribution in [1.29, 1.82) is 0 Å². The third kappa shape index (κ3) is 7.17. The van der Waals surface area contributed by atoms with Crippen molar-refractivity contribution in [2.45, 2.75) is 0 Å². The van der Waals surface area contributed by atoms with Gasteiger partial charge in [-0.3, -0.25) is 29.8 Å². The number of rotatable bonds is 10. The number of nitrogens with one attached hydrogen (secondary N) is 2. The van der Waals surface area contributed by atoms with Crippen molar-refractivity contribution in [3.63, 3.8) is 0 Å². The highest BCUT2D eigenvalue weighted by molar-refractivity contribution is 6.05. The fourth-order valence-electron chi connectivity index (χ4n) is 4.21. The van der Waals surface area contributed by atoms with Crippen LogP contribution in [0.25, 0.3) is 0 Å². The van der Waals surface area contributed by atoms with Gasteiger partial charge in [-0.15, -0.1) is 0 Å². The minimum atomic E-state index is -1.95. The zero-order valence-corrected chi connectivity index (χ0v) is 23.9. The maximum absolute atomic E-state index is 15.0. The first kappa shape index (κ1) is 32.6. The molecule has 0 aliphatic carbocycles. The van der Waals surface area contributed by atoms with Crippen molar-refractivity contribution in [2.75, 3.05) is 10.6 Å². The lowest BCUT2D eigenvalue weighted by atomic mass is 10.2. The largest absolute Gasteiger partial charge is 0.451 e. The molecule has 0 aromatic heterocycles. The van der Waals surface area contributed by atoms with Crippen molar-refractivity contribution >= 4 is 34.6 Å². The topological polar surface area (TPSA) is 163 Å². The van der Waals surface area contributed by atoms with Gasteiger partial charge in [-0.05, 0) is 36.4 Å². The molecule has 2 N–H and O–H groups in total. The van der Waals surface area contributed by atoms with Crippen LogP contribution in [0.3, 0.4) is 0 Å². The Balaban J connectivity index is 1.33. The van der Waals surface area contributed by atoms with Crippen LogP contribution in [0.4, 0.5) is 40.3 Å². The lowest BCUT2D eigenvalue weighted by molar-refractivity contribution is -0.385. The lowest BCUT2D eigenvalue weighted by Gasteiger charge is -2.15. The van der Waals surface area contributed by atoms with Gasteiger partial charge < -0.3 is 20.1 Å². The maximum atomic E-state index is 15.0. The number of nitro groups is 2. The molecule has 0 radical (unpaired) electrons. The number of carbonyl (C=O) groups excluding carboxylic acids is 2. The lowest BCUT2D eigenvalue weighted by Crippen LogP contribution is -2.12. The Morgan fingerprint density at radius 2 is 0.896 bits per heavy atom. The molecule has 242 valence electrons. The van der Waals surface area contributed by atoms with Gasteiger partial charge in [-0.25, -0.2) is 0 Å². The Bertz CT molecular complexity index is 1930. The molecule has 0 saturated carbocycles. The highest BCUT2D eigenvalue weighted by Gasteiger charge is 2.29. The molecular weight excluding hydrogens is 644 g/mol. The molecule has 0 atom stereocenters. The smallest absolute Gasteiger partial charge is 0.270 e. The number of benzene rings is 5. The molecule has 0 heterocycles. The Morgan fingerprint density at radius 1 is 0.542 bits per heavy atom. The standard InChI is InChI=1S/C32H18F4N4O8/c33-25-27(35)30(48-24-12-4-8-20(16-24)38-32(42)18-6-2-10-22(14-18)40(45)46)28(36)26(34)29(25)47-23-11-3-7-19(15-23)37-31(41)17-5-1-9-21(13-17)39(43)44/h1-16H,(H,37,41)(H,38,42). The van der Waals surface area contributed by atoms with Gasteiger partial charge in [-0.2, -0.15) is 17.6 Å². The first-order valence-corrected chi connectivity index (χ1v) is 13.4. The molecule has 5 rings (SSSR count). The number of hydrogen-bond donors (Lipinski definition) is 2. The van der Waals surface area contributed by atoms with E-state index >= 15 is 17.6 Å². The number of anilines is 2. The molecule has 48 heavy (non-hydrogen) atoms. The van der Waals surface area contributed by atoms with Crippen LogP contribution in [0.1, 0.15) is 20.7 Å². The first-order valence-electron chi connectivity index (χ1n) is 13.4. The van der Waals surface area contributed by atoms with Crippen molar-refractivity contribution in [1.82, 2.24) is 0 Å². The van der Waals surface area contributed by atoms with Crippen molar-refractivity contribution in [3.8, 4) is 23.0 Å². The Kier molecular flexibility index (Phi) is 9.26. The monoisotopic (exact) mass is 662 g/mol. The summed E-state index contributed by atoms with van der Waals surface area (Å²) < 4.78 is 70.3. The zero-order valence-electron chi connectivity index (χ0n) is 23.9. The van der Waals surface area contributed by atoms with Gasteiger partial charge >= 0.3 is 0 Å². The van der Waals surface area contributed by atoms with Gasteiger partial charge in [0.25, 0.3) is 23.2 Å². The third-order valence-corrected chi connectivity index (χ3v) is 6.44. The van der Waals surface area contributed by atoms with E-state index < -0.39 is 56.4 Å². The summed E-state index contributed by atoms with van der Waals surface area (Å²) in [7, 11) is 0. The molecule has 16 heteroatoms. The molecule has 2 amide bonds. The zero-order chi connectivity index (χ0) is 34.5. The SMILES string of the molecule is O=C(Nc1cccc(Oc2c(F)c(F)c(Oc3cccc(NC(=O)c4cccc([N+](=O)[O-])c4)c3)c(F)c2F)c1)c1cccc([N+](=O)[O-])c1. The summed E-state index contributed by atoms with van der Waals surface area (Å²) >= 11 is 0. The molecule has 0 aliphatic rings. The van der Waals surface area contributed by atoms with E-state index in [4.69, 9.17) is 9.47 Å². The summed E-state index contributed by atoms with van der Waals surface area (Å²) in [5.41, 5.74) is -0.767. The predicted molar refractivity (Wildman–Crippen MR) is 161 cm³/mol. The quantitative estimate of drug-likeness (QED) is 0.0655. The molecule has 12 nitrogen and oxygen atoms in total. The van der Waals surface area contributed by atoms with Crippen molar-refractivity contribution in [2.24, 2.45) is 0 Å². The molecule has 0 fully saturated rings. The van der Waals surface area contributed by atoms with Gasteiger partial charge in [0.2, 0.25) is 34.8 Å². The Labute approximate surface area is 266 Å². The Morgan fingerprint density at radius 3 is 1.25 bits per heavy atom. The summed E-state index contributed by atoms with van der Waals surface area (Å²) in [5, 5.41) is 26.8. The predicted octanol–water partition coefficient (Wildman–Crippen LogP) is 8.15. The van der Waals surface area contributed by atoms with E-state index in [2.05, 4.69) is 10.6 Å². The summed E-state index contributed by atoms with van der Waals surface area (Å²) in [6.45, 7) is 0. The van der Waals surface area contributed by atoms with Gasteiger partial charge in [-0.1, -0.05) is 24.3 Å². The summed E-state index contributed by atoms with van der Waals surface area (Å²) in [6, 6.07) is 19.5. The van der Waals surface area contributed by atoms with Crippen LogP contribution in [0.15, 0.2) is 97.1 Å². The molecule has 5 aromatic rings. The fourth-order valence-corrected chi connectivity index (χ4v) is 4.21. The van der Waals surface area contributed by atoms with E-state index in [0.29, 0.717) is 0 Å². The number of nitro benzene ring substituents is 2. The average Bonchev–Trinajstić information content (AvgIpc) is 3.08. The minimum absolute atomic E-state index is 0.0168. The van der Waals surface area contributed by atoms with Crippen LogP contribution in [0.2, 0.25) is 0 Å². The molecule has 0 spiro atoms. The van der Waals surface area contributed by atoms with Crippen LogP contribution < -0.4 is 20.1 Å². The maximum Gasteiger partial charge on any atom is 0.270 e. The van der Waals surface area contributed by atoms with Crippen LogP contribution in [-0.4, -0.2) is 21.7 Å². The fraction of sp³-hybridized carbons (Fsp3) is 0. The number of ether oxygens (including phenoxy) is 2. The summed E-state index contributed by atoms with van der Waals surface area (Å²) in [4.78, 5) is 45.7. The minimum Gasteiger partial charge on any atom is -0.451 e. The number of nitrogens with zero attached hydrogens (tertiary/aromatic N) is 2. The number of non-ortho nitro benzene ring substituents is 2. The highest BCUT2D eigenvalue weighted by atomic mass is 19.2. The van der Waals surface area contributed by atoms with E-state index in [0.717, 1.165) is 24.3 Å². The van der Waals surface area contributed by atoms with Gasteiger partial charge in [0.05, 0.1) is 9.85 Å². The van der Waals surface area contributed by atoms with E-state index in [-0.39, 0.29) is 45.4 Å². The summed E-state index contributed by atoms with van der Waals surface area (Å²) in [5.74, 6) is -13.0. The molecule has 0 unspecified atom stereocenters. The van der Waals surface area contributed by atoms with Crippen LogP contribution in [0, 0.1) is 43.5 Å². The summed E-state index contributed by atoms with van der Waals surface area (Å²) in [6.07, 6.45) is 0. The van der Waals surface area contributed by atoms with Crippen LogP contribution >= 0.6 is 0 Å². The van der Waals surface area contributed by atoms with Gasteiger partial charge in [0.15, 0.2) is 0 Å². The average molecular weight is 663 g/mol. The molecule has 0 aliphatic heterocycles. The highest BCUT2D eigenvalue weighted by Crippen LogP contribution is 2.39. The van der Waals surface area contributed by atoms with E-state index in [1.54, 1.807) is 0 Å². The van der Waals surface area contributed by atoms with Crippen LogP contribution in [0.5, 0.6) is 23.0 Å². The first-order chi connectivity index (χ1) is 22.9. The second-order valence-electron chi connectivity index (χ2n) is 9.70. The van der Waals surface area contributed by atoms with Crippen molar-refractivity contribution in [3.05, 3.63) is 152 Å². The molecule has 0 bridgehead atoms. The van der Waals surface area contributed by atoms with Crippen LogP contribution in [-0.2, 0) is 0 Å². The number of halogens is 4. The van der Waals surface area contributed by atoms with Crippen molar-refractivity contribution < 1.29 is 46.5 Å². The van der Waals surface area contributed by atoms with Gasteiger partial charge in [0.1, 0.15) is 11.5 Å². The number of carbonyl (C=O) groups is 2. The van der Waals surface area contributed by atoms with E-state index in [9.17, 15) is 29.8 Å². The van der Waals surface area contributed by atoms with E-state index in [1.807, 2.05) is 0 Å². The normalized spacial score (nSPS) is 10.6. The Hall–Kier alpha value is -6.84. The molecule has 0 saturated heterocycles. The van der Waals surface area contributed by atoms with E-state index in [1.165, 1.54) is 72.8 Å². The molecular formula is C32H18F4N4O8. The molecule has 5 aromatic carbocycles. The second-order valence-corrected chi connectivity index (χ2v) is 9.70. The second kappa shape index (κ2) is 13.7. The number of hydrogen-bond acceptors (Lipinski definition) is 8.